The van der Waals surface area contributed by atoms with Gasteiger partial charge in [0.2, 0.25) is 10.0 Å². The first kappa shape index (κ1) is 21.5. The molecule has 0 radical (unpaired) electrons. The van der Waals surface area contributed by atoms with Crippen LogP contribution in [0.3, 0.4) is 0 Å². The SMILES string of the molecule is O=C(c1ccc(C(F)(F)F)[nH]c1=O)N1CCN(S(=O)(=O)c2ccc(Br)cc2)CC1. The van der Waals surface area contributed by atoms with E-state index in [1.807, 2.05) is 0 Å². The number of halogens is 4. The van der Waals surface area contributed by atoms with Crippen LogP contribution in [0.4, 0.5) is 13.2 Å². The zero-order valence-corrected chi connectivity index (χ0v) is 17.1. The van der Waals surface area contributed by atoms with Crippen LogP contribution in [0.1, 0.15) is 16.1 Å². The molecular formula is C17H15BrF3N3O4S. The molecule has 12 heteroatoms. The first-order valence-corrected chi connectivity index (χ1v) is 10.6. The van der Waals surface area contributed by atoms with E-state index in [0.717, 1.165) is 10.5 Å². The van der Waals surface area contributed by atoms with E-state index in [1.54, 1.807) is 17.1 Å². The van der Waals surface area contributed by atoms with E-state index < -0.39 is 38.9 Å². The average Bonchev–Trinajstić information content (AvgIpc) is 2.67. The molecule has 7 nitrogen and oxygen atoms in total. The molecule has 2 heterocycles. The highest BCUT2D eigenvalue weighted by atomic mass is 79.9. The van der Waals surface area contributed by atoms with Crippen molar-refractivity contribution in [1.29, 1.82) is 0 Å². The lowest BCUT2D eigenvalue weighted by Gasteiger charge is -2.34. The van der Waals surface area contributed by atoms with Gasteiger partial charge in [-0.05, 0) is 36.4 Å². The third-order valence-corrected chi connectivity index (χ3v) is 6.86. The second-order valence-electron chi connectivity index (χ2n) is 6.26. The smallest absolute Gasteiger partial charge is 0.336 e. The van der Waals surface area contributed by atoms with E-state index in [2.05, 4.69) is 15.9 Å². The summed E-state index contributed by atoms with van der Waals surface area (Å²) in [5.74, 6) is -0.749. The lowest BCUT2D eigenvalue weighted by molar-refractivity contribution is -0.141. The number of H-pyrrole nitrogens is 1. The normalized spacial score (nSPS) is 16.1. The van der Waals surface area contributed by atoms with Gasteiger partial charge in [-0.25, -0.2) is 8.42 Å². The van der Waals surface area contributed by atoms with E-state index in [1.165, 1.54) is 21.3 Å². The number of amides is 1. The maximum Gasteiger partial charge on any atom is 0.431 e. The Labute approximate surface area is 172 Å². The molecule has 1 aromatic heterocycles. The molecule has 1 aliphatic rings. The molecule has 1 aliphatic heterocycles. The summed E-state index contributed by atoms with van der Waals surface area (Å²) < 4.78 is 65.2. The Morgan fingerprint density at radius 3 is 2.10 bits per heavy atom. The van der Waals surface area contributed by atoms with Crippen molar-refractivity contribution in [3.8, 4) is 0 Å². The molecule has 0 spiro atoms. The van der Waals surface area contributed by atoms with Crippen LogP contribution in [0.25, 0.3) is 0 Å². The van der Waals surface area contributed by atoms with Gasteiger partial charge >= 0.3 is 6.18 Å². The number of sulfonamides is 1. The van der Waals surface area contributed by atoms with Gasteiger partial charge in [0.1, 0.15) is 11.3 Å². The highest BCUT2D eigenvalue weighted by molar-refractivity contribution is 9.10. The molecule has 0 bridgehead atoms. The predicted molar refractivity (Wildman–Crippen MR) is 101 cm³/mol. The molecule has 0 atom stereocenters. The number of pyridine rings is 1. The molecule has 1 saturated heterocycles. The standard InChI is InChI=1S/C17H15BrF3N3O4S/c18-11-1-3-12(4-2-11)29(27,28)24-9-7-23(8-10-24)16(26)13-5-6-14(17(19,20)21)22-15(13)25/h1-6H,7-10H2,(H,22,25). The van der Waals surface area contributed by atoms with E-state index in [-0.39, 0.29) is 31.1 Å². The van der Waals surface area contributed by atoms with Gasteiger partial charge in [0, 0.05) is 30.7 Å². The minimum atomic E-state index is -4.73. The summed E-state index contributed by atoms with van der Waals surface area (Å²) >= 11 is 3.23. The quantitative estimate of drug-likeness (QED) is 0.710. The van der Waals surface area contributed by atoms with Crippen LogP contribution in [0.15, 0.2) is 50.6 Å². The molecular weight excluding hydrogens is 479 g/mol. The molecule has 1 aromatic carbocycles. The van der Waals surface area contributed by atoms with Gasteiger partial charge in [-0.15, -0.1) is 0 Å². The van der Waals surface area contributed by atoms with Crippen LogP contribution in [-0.4, -0.2) is 54.7 Å². The van der Waals surface area contributed by atoms with Crippen LogP contribution in [-0.2, 0) is 16.2 Å². The topological polar surface area (TPSA) is 90.6 Å². The van der Waals surface area contributed by atoms with Crippen molar-refractivity contribution in [1.82, 2.24) is 14.2 Å². The van der Waals surface area contributed by atoms with Gasteiger partial charge in [0.15, 0.2) is 0 Å². The lowest BCUT2D eigenvalue weighted by atomic mass is 10.2. The summed E-state index contributed by atoms with van der Waals surface area (Å²) in [6, 6.07) is 7.57. The Hall–Kier alpha value is -2.18. The van der Waals surface area contributed by atoms with Gasteiger partial charge < -0.3 is 9.88 Å². The van der Waals surface area contributed by atoms with E-state index in [4.69, 9.17) is 0 Å². The third-order valence-electron chi connectivity index (χ3n) is 4.42. The molecule has 29 heavy (non-hydrogen) atoms. The molecule has 156 valence electrons. The van der Waals surface area contributed by atoms with Crippen molar-refractivity contribution < 1.29 is 26.4 Å². The van der Waals surface area contributed by atoms with E-state index in [0.29, 0.717) is 6.07 Å². The second-order valence-corrected chi connectivity index (χ2v) is 9.12. The number of alkyl halides is 3. The molecule has 0 aliphatic carbocycles. The monoisotopic (exact) mass is 493 g/mol. The Morgan fingerprint density at radius 1 is 1.00 bits per heavy atom. The molecule has 0 unspecified atom stereocenters. The van der Waals surface area contributed by atoms with Crippen LogP contribution >= 0.6 is 15.9 Å². The van der Waals surface area contributed by atoms with Crippen molar-refractivity contribution in [3.63, 3.8) is 0 Å². The Bertz CT molecular complexity index is 1080. The van der Waals surface area contributed by atoms with Crippen LogP contribution < -0.4 is 5.56 Å². The summed E-state index contributed by atoms with van der Waals surface area (Å²) in [5.41, 5.74) is -2.82. The zero-order chi connectivity index (χ0) is 21.4. The van der Waals surface area contributed by atoms with Crippen LogP contribution in [0, 0.1) is 0 Å². The number of aromatic amines is 1. The Kier molecular flexibility index (Phi) is 5.88. The van der Waals surface area contributed by atoms with Crippen molar-refractivity contribution in [2.45, 2.75) is 11.1 Å². The summed E-state index contributed by atoms with van der Waals surface area (Å²) in [6.07, 6.45) is -4.73. The number of piperazine rings is 1. The third kappa shape index (κ3) is 4.54. The van der Waals surface area contributed by atoms with Crippen molar-refractivity contribution >= 4 is 31.9 Å². The van der Waals surface area contributed by atoms with Gasteiger partial charge in [0.05, 0.1) is 4.90 Å². The maximum atomic E-state index is 12.7. The largest absolute Gasteiger partial charge is 0.431 e. The van der Waals surface area contributed by atoms with Gasteiger partial charge in [-0.2, -0.15) is 17.5 Å². The number of nitrogens with zero attached hydrogens (tertiary/aromatic N) is 2. The number of aromatic nitrogens is 1. The number of carbonyl (C=O) groups is 1. The van der Waals surface area contributed by atoms with Gasteiger partial charge in [0.25, 0.3) is 11.5 Å². The summed E-state index contributed by atoms with van der Waals surface area (Å²) in [6.45, 7) is 0.0233. The first-order valence-electron chi connectivity index (χ1n) is 8.35. The molecule has 3 rings (SSSR count). The number of benzene rings is 1. The zero-order valence-electron chi connectivity index (χ0n) is 14.7. The van der Waals surface area contributed by atoms with Crippen molar-refractivity contribution in [2.24, 2.45) is 0 Å². The lowest BCUT2D eigenvalue weighted by Crippen LogP contribution is -2.51. The fourth-order valence-electron chi connectivity index (χ4n) is 2.86. The van der Waals surface area contributed by atoms with E-state index in [9.17, 15) is 31.2 Å². The molecule has 1 fully saturated rings. The van der Waals surface area contributed by atoms with Crippen molar-refractivity contribution in [2.75, 3.05) is 26.2 Å². The highest BCUT2D eigenvalue weighted by Crippen LogP contribution is 2.26. The summed E-state index contributed by atoms with van der Waals surface area (Å²) in [4.78, 5) is 27.4. The highest BCUT2D eigenvalue weighted by Gasteiger charge is 2.34. The minimum Gasteiger partial charge on any atom is -0.336 e. The number of carbonyl (C=O) groups excluding carboxylic acids is 1. The predicted octanol–water partition coefficient (Wildman–Crippen LogP) is 2.30. The number of rotatable bonds is 3. The first-order chi connectivity index (χ1) is 13.5. The second kappa shape index (κ2) is 7.92. The molecule has 2 aromatic rings. The van der Waals surface area contributed by atoms with Gasteiger partial charge in [-0.3, -0.25) is 9.59 Å². The van der Waals surface area contributed by atoms with Crippen LogP contribution in [0.2, 0.25) is 0 Å². The maximum absolute atomic E-state index is 12.7. The molecule has 1 N–H and O–H groups in total. The van der Waals surface area contributed by atoms with E-state index >= 15 is 0 Å². The van der Waals surface area contributed by atoms with Crippen LogP contribution in [0.5, 0.6) is 0 Å². The number of hydrogen-bond acceptors (Lipinski definition) is 4. The summed E-state index contributed by atoms with van der Waals surface area (Å²) in [7, 11) is -3.74. The number of hydrogen-bond donors (Lipinski definition) is 1. The minimum absolute atomic E-state index is 0.00266. The fraction of sp³-hybridized carbons (Fsp3) is 0.294. The molecule has 0 saturated carbocycles. The summed E-state index contributed by atoms with van der Waals surface area (Å²) in [5, 5.41) is 0. The Balaban J connectivity index is 1.71. The molecule has 1 amide bonds. The average molecular weight is 494 g/mol. The van der Waals surface area contributed by atoms with Crippen molar-refractivity contribution in [3.05, 3.63) is 62.5 Å². The van der Waals surface area contributed by atoms with Gasteiger partial charge in [-0.1, -0.05) is 15.9 Å². The number of nitrogens with one attached hydrogen (secondary N) is 1. The Morgan fingerprint density at radius 2 is 1.59 bits per heavy atom. The fourth-order valence-corrected chi connectivity index (χ4v) is 4.55.